The fraction of sp³-hybridized carbons (Fsp3) is 0.677. The van der Waals surface area contributed by atoms with E-state index >= 15 is 0 Å². The largest absolute Gasteiger partial charge is 0.326 e. The summed E-state index contributed by atoms with van der Waals surface area (Å²) in [6.07, 6.45) is 13.0. The van der Waals surface area contributed by atoms with Crippen molar-refractivity contribution in [1.29, 1.82) is 0 Å². The van der Waals surface area contributed by atoms with Crippen molar-refractivity contribution in [2.24, 2.45) is 0 Å². The molecule has 0 bridgehead atoms. The van der Waals surface area contributed by atoms with Crippen LogP contribution in [0.15, 0.2) is 12.1 Å². The molecular weight excluding hydrogens is 478 g/mol. The molecule has 1 rings (SSSR count). The third-order valence-electron chi connectivity index (χ3n) is 6.53. The normalized spacial score (nSPS) is 10.7. The summed E-state index contributed by atoms with van der Waals surface area (Å²) < 4.78 is 0. The number of anilines is 3. The fourth-order valence-corrected chi connectivity index (χ4v) is 4.23. The van der Waals surface area contributed by atoms with Gasteiger partial charge in [0.2, 0.25) is 17.7 Å². The third kappa shape index (κ3) is 14.3. The van der Waals surface area contributed by atoms with Crippen molar-refractivity contribution in [3.8, 4) is 0 Å². The maximum Gasteiger partial charge on any atom is 0.224 e. The molecule has 214 valence electrons. The smallest absolute Gasteiger partial charge is 0.224 e. The Balaban J connectivity index is 3.29. The van der Waals surface area contributed by atoms with E-state index in [9.17, 15) is 19.2 Å². The Morgan fingerprint density at radius 2 is 0.868 bits per heavy atom. The van der Waals surface area contributed by atoms with Crippen LogP contribution >= 0.6 is 0 Å². The van der Waals surface area contributed by atoms with Gasteiger partial charge in [-0.25, -0.2) is 0 Å². The molecule has 0 aromatic heterocycles. The Kier molecular flexibility index (Phi) is 17.8. The Morgan fingerprint density at radius 3 is 1.29 bits per heavy atom. The van der Waals surface area contributed by atoms with Gasteiger partial charge < -0.3 is 16.0 Å². The lowest BCUT2D eigenvalue weighted by atomic mass is 10.0. The maximum atomic E-state index is 12.8. The third-order valence-corrected chi connectivity index (χ3v) is 6.53. The molecule has 3 amide bonds. The molecule has 1 aromatic rings. The minimum atomic E-state index is -0.136. The van der Waals surface area contributed by atoms with Gasteiger partial charge in [-0.3, -0.25) is 19.2 Å². The summed E-state index contributed by atoms with van der Waals surface area (Å²) in [6, 6.07) is 3.45. The van der Waals surface area contributed by atoms with Gasteiger partial charge in [-0.05, 0) is 43.4 Å². The molecule has 7 heteroatoms. The van der Waals surface area contributed by atoms with Crippen LogP contribution in [0, 0.1) is 0 Å². The van der Waals surface area contributed by atoms with Crippen molar-refractivity contribution in [3.63, 3.8) is 0 Å². The van der Waals surface area contributed by atoms with Gasteiger partial charge in [0, 0.05) is 37.8 Å². The highest BCUT2D eigenvalue weighted by Crippen LogP contribution is 2.32. The van der Waals surface area contributed by atoms with E-state index in [1.807, 2.05) is 0 Å². The minimum Gasteiger partial charge on any atom is -0.326 e. The van der Waals surface area contributed by atoms with Gasteiger partial charge in [0.15, 0.2) is 0 Å². The van der Waals surface area contributed by atoms with Crippen molar-refractivity contribution in [2.45, 2.75) is 137 Å². The second-order valence-corrected chi connectivity index (χ2v) is 10.2. The second-order valence-electron chi connectivity index (χ2n) is 10.2. The van der Waals surface area contributed by atoms with E-state index in [2.05, 4.69) is 43.6 Å². The predicted octanol–water partition coefficient (Wildman–Crippen LogP) is 7.93. The number of carbonyl (C=O) groups is 4. The first kappa shape index (κ1) is 33.3. The monoisotopic (exact) mass is 529 g/mol. The Labute approximate surface area is 230 Å². The van der Waals surface area contributed by atoms with Gasteiger partial charge in [-0.2, -0.15) is 0 Å². The summed E-state index contributed by atoms with van der Waals surface area (Å²) in [7, 11) is 0. The molecule has 0 aliphatic carbocycles. The van der Waals surface area contributed by atoms with Crippen molar-refractivity contribution in [2.75, 3.05) is 16.0 Å². The molecular formula is C31H51N3O4. The minimum absolute atomic E-state index is 0.0940. The molecule has 0 atom stereocenters. The first-order valence-electron chi connectivity index (χ1n) is 14.9. The number of unbranched alkanes of at least 4 members (excludes halogenated alkanes) is 8. The van der Waals surface area contributed by atoms with Gasteiger partial charge in [0.05, 0.1) is 11.4 Å². The molecule has 0 saturated heterocycles. The van der Waals surface area contributed by atoms with Crippen LogP contribution in [0.3, 0.4) is 0 Å². The predicted molar refractivity (Wildman–Crippen MR) is 158 cm³/mol. The van der Waals surface area contributed by atoms with Gasteiger partial charge in [0.1, 0.15) is 5.78 Å². The number of rotatable bonds is 21. The van der Waals surface area contributed by atoms with Crippen molar-refractivity contribution in [3.05, 3.63) is 17.7 Å². The Hall–Kier alpha value is -2.70. The van der Waals surface area contributed by atoms with Gasteiger partial charge >= 0.3 is 0 Å². The lowest BCUT2D eigenvalue weighted by Gasteiger charge is -2.19. The van der Waals surface area contributed by atoms with Gasteiger partial charge in [-0.15, -0.1) is 0 Å². The number of hydrogen-bond acceptors (Lipinski definition) is 4. The fourth-order valence-electron chi connectivity index (χ4n) is 4.23. The topological polar surface area (TPSA) is 104 Å². The highest BCUT2D eigenvalue weighted by Gasteiger charge is 2.18. The molecule has 0 fully saturated rings. The van der Waals surface area contributed by atoms with Crippen LogP contribution in [0.25, 0.3) is 0 Å². The molecule has 0 heterocycles. The number of amides is 3. The number of hydrogen-bond donors (Lipinski definition) is 3. The van der Waals surface area contributed by atoms with Gasteiger partial charge in [-0.1, -0.05) is 79.1 Å². The van der Waals surface area contributed by atoms with E-state index in [4.69, 9.17) is 0 Å². The molecule has 1 aromatic carbocycles. The highest BCUT2D eigenvalue weighted by atomic mass is 16.2. The first-order valence-corrected chi connectivity index (χ1v) is 14.9. The standard InChI is InChI=1S/C31H51N3O4/c1-5-9-13-17-25(35)21-24-22-27(33-30(37)19-15-11-7-3)28(34-31(38)20-16-12-8-4)23-26(24)32-29(36)18-14-10-6-2/h22-23H,5-21H2,1-4H3,(H,32,36)(H,33,37)(H,34,38). The average molecular weight is 530 g/mol. The van der Waals surface area contributed by atoms with Crippen LogP contribution in [0.1, 0.15) is 136 Å². The van der Waals surface area contributed by atoms with Crippen LogP contribution in [0.5, 0.6) is 0 Å². The number of Topliss-reactive ketones (excluding diaryl/α,β-unsaturated/α-hetero) is 1. The molecule has 38 heavy (non-hydrogen) atoms. The van der Waals surface area contributed by atoms with E-state index in [0.717, 1.165) is 77.0 Å². The molecule has 0 aliphatic rings. The number of ketones is 1. The van der Waals surface area contributed by atoms with Crippen molar-refractivity contribution in [1.82, 2.24) is 0 Å². The maximum absolute atomic E-state index is 12.8. The van der Waals surface area contributed by atoms with E-state index in [1.165, 1.54) is 0 Å². The zero-order chi connectivity index (χ0) is 28.2. The SMILES string of the molecule is CCCCCC(=O)Cc1cc(NC(=O)CCCCC)c(NC(=O)CCCCC)cc1NC(=O)CCCCC. The van der Waals surface area contributed by atoms with Crippen LogP contribution in [0.2, 0.25) is 0 Å². The zero-order valence-electron chi connectivity index (χ0n) is 24.3. The highest BCUT2D eigenvalue weighted by molar-refractivity contribution is 6.02. The summed E-state index contributed by atoms with van der Waals surface area (Å²) in [6.45, 7) is 8.36. The van der Waals surface area contributed by atoms with Gasteiger partial charge in [0.25, 0.3) is 0 Å². The van der Waals surface area contributed by atoms with Crippen molar-refractivity contribution >= 4 is 40.6 Å². The summed E-state index contributed by atoms with van der Waals surface area (Å²) in [4.78, 5) is 50.9. The molecule has 0 unspecified atom stereocenters. The van der Waals surface area contributed by atoms with Crippen LogP contribution in [-0.2, 0) is 25.6 Å². The van der Waals surface area contributed by atoms with Crippen LogP contribution in [0.4, 0.5) is 17.1 Å². The summed E-state index contributed by atoms with van der Waals surface area (Å²) in [5.41, 5.74) is 2.09. The molecule has 0 saturated carbocycles. The number of benzene rings is 1. The zero-order valence-corrected chi connectivity index (χ0v) is 24.3. The molecule has 3 N–H and O–H groups in total. The molecule has 0 radical (unpaired) electrons. The van der Waals surface area contributed by atoms with E-state index in [-0.39, 0.29) is 29.9 Å². The van der Waals surface area contributed by atoms with E-state index < -0.39 is 0 Å². The number of carbonyl (C=O) groups excluding carboxylic acids is 4. The quantitative estimate of drug-likeness (QED) is 0.141. The lowest BCUT2D eigenvalue weighted by Crippen LogP contribution is -2.19. The molecule has 0 spiro atoms. The summed E-state index contributed by atoms with van der Waals surface area (Å²) in [5, 5.41) is 8.87. The van der Waals surface area contributed by atoms with E-state index in [1.54, 1.807) is 12.1 Å². The summed E-state index contributed by atoms with van der Waals surface area (Å²) >= 11 is 0. The average Bonchev–Trinajstić information content (AvgIpc) is 2.87. The van der Waals surface area contributed by atoms with Crippen molar-refractivity contribution < 1.29 is 19.2 Å². The van der Waals surface area contributed by atoms with Crippen LogP contribution in [-0.4, -0.2) is 23.5 Å². The Bertz CT molecular complexity index is 744. The number of nitrogens with one attached hydrogen (secondary N) is 3. The van der Waals surface area contributed by atoms with Crippen LogP contribution < -0.4 is 16.0 Å². The second kappa shape index (κ2) is 20.3. The Morgan fingerprint density at radius 1 is 0.500 bits per heavy atom. The summed E-state index contributed by atoms with van der Waals surface area (Å²) in [5.74, 6) is -0.286. The lowest BCUT2D eigenvalue weighted by molar-refractivity contribution is -0.119. The van der Waals surface area contributed by atoms with E-state index in [0.29, 0.717) is 48.3 Å². The first-order chi connectivity index (χ1) is 18.3. The molecule has 7 nitrogen and oxygen atoms in total. The molecule has 0 aliphatic heterocycles.